The van der Waals surface area contributed by atoms with Gasteiger partial charge in [-0.3, -0.25) is 4.79 Å². The fourth-order valence-corrected chi connectivity index (χ4v) is 3.46. The van der Waals surface area contributed by atoms with E-state index in [1.807, 2.05) is 35.2 Å². The summed E-state index contributed by atoms with van der Waals surface area (Å²) in [4.78, 5) is 15.0. The molecule has 0 N–H and O–H groups in total. The Labute approximate surface area is 158 Å². The zero-order valence-corrected chi connectivity index (χ0v) is 15.3. The topological polar surface area (TPSA) is 25.2 Å². The summed E-state index contributed by atoms with van der Waals surface area (Å²) in [6.07, 6.45) is 4.21. The van der Waals surface area contributed by atoms with Crippen molar-refractivity contribution in [2.45, 2.75) is 32.0 Å². The van der Waals surface area contributed by atoms with E-state index < -0.39 is 0 Å². The summed E-state index contributed by atoms with van der Waals surface area (Å²) in [5, 5.41) is 0.516. The van der Waals surface area contributed by atoms with Gasteiger partial charge >= 0.3 is 0 Å². The van der Waals surface area contributed by atoms with Crippen LogP contribution in [-0.4, -0.2) is 21.4 Å². The second kappa shape index (κ2) is 7.38. The van der Waals surface area contributed by atoms with Gasteiger partial charge < -0.3 is 9.47 Å². The van der Waals surface area contributed by atoms with Crippen molar-refractivity contribution < 1.29 is 4.79 Å². The van der Waals surface area contributed by atoms with Crippen LogP contribution in [0.4, 0.5) is 0 Å². The van der Waals surface area contributed by atoms with Crippen molar-refractivity contribution >= 4 is 17.5 Å². The van der Waals surface area contributed by atoms with Gasteiger partial charge in [0, 0.05) is 24.5 Å². The van der Waals surface area contributed by atoms with Gasteiger partial charge in [-0.2, -0.15) is 0 Å². The Morgan fingerprint density at radius 1 is 1.00 bits per heavy atom. The fraction of sp³-hybridized carbons (Fsp3) is 0.227. The highest BCUT2D eigenvalue weighted by Crippen LogP contribution is 2.31. The van der Waals surface area contributed by atoms with E-state index in [0.717, 1.165) is 25.1 Å². The number of nitrogens with zero attached hydrogens (tertiary/aromatic N) is 2. The van der Waals surface area contributed by atoms with E-state index in [1.165, 1.54) is 5.56 Å². The number of rotatable bonds is 6. The van der Waals surface area contributed by atoms with Gasteiger partial charge in [-0.05, 0) is 42.7 Å². The average Bonchev–Trinajstić information content (AvgIpc) is 3.41. The van der Waals surface area contributed by atoms with E-state index >= 15 is 0 Å². The van der Waals surface area contributed by atoms with Gasteiger partial charge in [0.2, 0.25) is 0 Å². The van der Waals surface area contributed by atoms with Crippen LogP contribution >= 0.6 is 11.6 Å². The van der Waals surface area contributed by atoms with E-state index in [2.05, 4.69) is 41.1 Å². The molecule has 1 fully saturated rings. The molecule has 0 radical (unpaired) electrons. The summed E-state index contributed by atoms with van der Waals surface area (Å²) in [5.41, 5.74) is 2.98. The van der Waals surface area contributed by atoms with Crippen LogP contribution in [0.1, 0.15) is 34.5 Å². The summed E-state index contributed by atoms with van der Waals surface area (Å²) in [7, 11) is 0. The predicted octanol–water partition coefficient (Wildman–Crippen LogP) is 4.99. The van der Waals surface area contributed by atoms with Crippen LogP contribution in [0.5, 0.6) is 0 Å². The first-order valence-corrected chi connectivity index (χ1v) is 9.33. The van der Waals surface area contributed by atoms with Gasteiger partial charge in [0.1, 0.15) is 0 Å². The number of carbonyl (C=O) groups excluding carboxylic acids is 1. The lowest BCUT2D eigenvalue weighted by Crippen LogP contribution is -2.33. The minimum absolute atomic E-state index is 0.0190. The molecule has 4 heteroatoms. The lowest BCUT2D eigenvalue weighted by atomic mass is 10.2. The van der Waals surface area contributed by atoms with Crippen molar-refractivity contribution in [2.75, 3.05) is 0 Å². The molecule has 0 spiro atoms. The molecule has 0 saturated heterocycles. The number of hydrogen-bond donors (Lipinski definition) is 0. The van der Waals surface area contributed by atoms with Crippen molar-refractivity contribution in [3.8, 4) is 0 Å². The third-order valence-electron chi connectivity index (χ3n) is 4.80. The lowest BCUT2D eigenvalue weighted by molar-refractivity contribution is 0.0726. The van der Waals surface area contributed by atoms with Crippen LogP contribution in [0.3, 0.4) is 0 Å². The Balaban J connectivity index is 1.56. The monoisotopic (exact) mass is 364 g/mol. The molecule has 1 saturated carbocycles. The van der Waals surface area contributed by atoms with Crippen LogP contribution in [-0.2, 0) is 13.1 Å². The zero-order valence-electron chi connectivity index (χ0n) is 14.5. The van der Waals surface area contributed by atoms with Crippen LogP contribution in [0.25, 0.3) is 0 Å². The van der Waals surface area contributed by atoms with E-state index in [0.29, 0.717) is 23.2 Å². The molecule has 0 aliphatic heterocycles. The summed E-state index contributed by atoms with van der Waals surface area (Å²) in [5.74, 6) is 0.0190. The molecule has 3 nitrogen and oxygen atoms in total. The molecular weight excluding hydrogens is 344 g/mol. The summed E-state index contributed by atoms with van der Waals surface area (Å²) in [6, 6.07) is 22.1. The fourth-order valence-electron chi connectivity index (χ4n) is 3.24. The Morgan fingerprint density at radius 2 is 1.73 bits per heavy atom. The standard InChI is InChI=1S/C22H21ClN2O/c23-21-11-5-4-10-20(21)22(26)25(18-12-13-18)16-19-9-6-14-24(19)15-17-7-2-1-3-8-17/h1-11,14,18H,12-13,15-16H2. The number of carbonyl (C=O) groups is 1. The number of amides is 1. The van der Waals surface area contributed by atoms with Crippen LogP contribution in [0.15, 0.2) is 72.9 Å². The minimum Gasteiger partial charge on any atom is -0.345 e. The van der Waals surface area contributed by atoms with E-state index in [1.54, 1.807) is 6.07 Å². The van der Waals surface area contributed by atoms with E-state index in [4.69, 9.17) is 11.6 Å². The van der Waals surface area contributed by atoms with Gasteiger partial charge in [-0.1, -0.05) is 54.1 Å². The molecule has 1 aliphatic rings. The molecule has 3 aromatic rings. The average molecular weight is 365 g/mol. The molecule has 1 aliphatic carbocycles. The van der Waals surface area contributed by atoms with Crippen molar-refractivity contribution in [1.29, 1.82) is 0 Å². The van der Waals surface area contributed by atoms with Crippen LogP contribution < -0.4 is 0 Å². The molecule has 0 bridgehead atoms. The van der Waals surface area contributed by atoms with Crippen LogP contribution in [0.2, 0.25) is 5.02 Å². The Hall–Kier alpha value is -2.52. The third kappa shape index (κ3) is 3.68. The maximum atomic E-state index is 13.1. The van der Waals surface area contributed by atoms with Crippen LogP contribution in [0, 0.1) is 0 Å². The third-order valence-corrected chi connectivity index (χ3v) is 5.13. The first-order valence-electron chi connectivity index (χ1n) is 8.96. The molecule has 0 unspecified atom stereocenters. The number of hydrogen-bond acceptors (Lipinski definition) is 1. The Kier molecular flexibility index (Phi) is 4.81. The minimum atomic E-state index is 0.0190. The zero-order chi connectivity index (χ0) is 17.9. The van der Waals surface area contributed by atoms with Gasteiger partial charge in [-0.25, -0.2) is 0 Å². The van der Waals surface area contributed by atoms with E-state index in [-0.39, 0.29) is 5.91 Å². The second-order valence-corrected chi connectivity index (χ2v) is 7.16. The smallest absolute Gasteiger partial charge is 0.255 e. The highest BCUT2D eigenvalue weighted by molar-refractivity contribution is 6.33. The Morgan fingerprint density at radius 3 is 2.46 bits per heavy atom. The van der Waals surface area contributed by atoms with Gasteiger partial charge in [0.05, 0.1) is 17.1 Å². The molecule has 1 aromatic heterocycles. The molecule has 4 rings (SSSR count). The first kappa shape index (κ1) is 16.9. The summed E-state index contributed by atoms with van der Waals surface area (Å²) < 4.78 is 2.21. The second-order valence-electron chi connectivity index (χ2n) is 6.76. The van der Waals surface area contributed by atoms with Crippen molar-refractivity contribution in [3.05, 3.63) is 94.8 Å². The molecule has 1 amide bonds. The molecule has 1 heterocycles. The van der Waals surface area contributed by atoms with Crippen molar-refractivity contribution in [2.24, 2.45) is 0 Å². The maximum absolute atomic E-state index is 13.1. The van der Waals surface area contributed by atoms with E-state index in [9.17, 15) is 4.79 Å². The molecule has 132 valence electrons. The van der Waals surface area contributed by atoms with Crippen molar-refractivity contribution in [3.63, 3.8) is 0 Å². The normalized spacial score (nSPS) is 13.6. The summed E-state index contributed by atoms with van der Waals surface area (Å²) in [6.45, 7) is 1.41. The largest absolute Gasteiger partial charge is 0.345 e. The van der Waals surface area contributed by atoms with Gasteiger partial charge in [0.15, 0.2) is 0 Å². The highest BCUT2D eigenvalue weighted by atomic mass is 35.5. The van der Waals surface area contributed by atoms with Gasteiger partial charge in [0.25, 0.3) is 5.91 Å². The number of aromatic nitrogens is 1. The van der Waals surface area contributed by atoms with Gasteiger partial charge in [-0.15, -0.1) is 0 Å². The SMILES string of the molecule is O=C(c1ccccc1Cl)N(Cc1cccn1Cc1ccccc1)C1CC1. The first-order chi connectivity index (χ1) is 12.7. The molecule has 26 heavy (non-hydrogen) atoms. The highest BCUT2D eigenvalue weighted by Gasteiger charge is 2.34. The maximum Gasteiger partial charge on any atom is 0.255 e. The number of halogens is 1. The molecule has 0 atom stereocenters. The summed E-state index contributed by atoms with van der Waals surface area (Å²) >= 11 is 6.26. The molecule has 2 aromatic carbocycles. The Bertz CT molecular complexity index is 899. The lowest BCUT2D eigenvalue weighted by Gasteiger charge is -2.24. The van der Waals surface area contributed by atoms with Crippen molar-refractivity contribution in [1.82, 2.24) is 9.47 Å². The predicted molar refractivity (Wildman–Crippen MR) is 104 cm³/mol. The quantitative estimate of drug-likeness (QED) is 0.604. The number of benzene rings is 2. The molecular formula is C22H21ClN2O.